The van der Waals surface area contributed by atoms with E-state index in [0.717, 1.165) is 11.9 Å². The van der Waals surface area contributed by atoms with Crippen molar-refractivity contribution in [3.63, 3.8) is 0 Å². The first-order valence-electron chi connectivity index (χ1n) is 5.26. The summed E-state index contributed by atoms with van der Waals surface area (Å²) < 4.78 is 0. The molecule has 5 heteroatoms. The Morgan fingerprint density at radius 1 is 1.29 bits per heavy atom. The molecule has 0 heterocycles. The number of allylic oxidation sites excluding steroid dienone is 3. The zero-order valence-electron chi connectivity index (χ0n) is 11.1. The summed E-state index contributed by atoms with van der Waals surface area (Å²) in [4.78, 5) is 11.0. The summed E-state index contributed by atoms with van der Waals surface area (Å²) in [6.45, 7) is 5.49. The third-order valence-corrected chi connectivity index (χ3v) is 1.70. The zero-order valence-corrected chi connectivity index (χ0v) is 11.1. The van der Waals surface area contributed by atoms with Crippen LogP contribution in [-0.4, -0.2) is 37.3 Å². The van der Waals surface area contributed by atoms with E-state index in [0.29, 0.717) is 11.5 Å². The van der Waals surface area contributed by atoms with Gasteiger partial charge in [-0.1, -0.05) is 5.16 Å². The second-order valence-electron chi connectivity index (χ2n) is 3.63. The highest BCUT2D eigenvalue weighted by Gasteiger charge is 2.01. The standard InChI is InChI=1S/C12H20N4O/c1-6-15-17-11(3)7-12(14-9-13)10(2)8-16(4)5/h6-9,13H,1-5H3/b10-8+,11-7+,13-9?,14-12?,15-6+. The largest absolute Gasteiger partial charge is 0.383 e. The minimum absolute atomic E-state index is 0.621. The van der Waals surface area contributed by atoms with Gasteiger partial charge in [-0.15, -0.1) is 0 Å². The molecule has 0 aliphatic heterocycles. The summed E-state index contributed by atoms with van der Waals surface area (Å²) in [7, 11) is 3.86. The van der Waals surface area contributed by atoms with Crippen molar-refractivity contribution in [3.8, 4) is 0 Å². The number of hydrogen-bond donors (Lipinski definition) is 1. The molecule has 0 radical (unpaired) electrons. The fraction of sp³-hybridized carbons (Fsp3) is 0.417. The monoisotopic (exact) mass is 236 g/mol. The van der Waals surface area contributed by atoms with E-state index in [1.54, 1.807) is 26.1 Å². The van der Waals surface area contributed by atoms with Crippen LogP contribution in [0.4, 0.5) is 0 Å². The topological polar surface area (TPSA) is 61.0 Å². The Hall–Kier alpha value is -1.91. The van der Waals surface area contributed by atoms with E-state index >= 15 is 0 Å². The van der Waals surface area contributed by atoms with Gasteiger partial charge in [0.25, 0.3) is 0 Å². The third kappa shape index (κ3) is 7.05. The van der Waals surface area contributed by atoms with Gasteiger partial charge in [-0.25, -0.2) is 4.99 Å². The zero-order chi connectivity index (χ0) is 13.3. The maximum absolute atomic E-state index is 7.04. The number of oxime groups is 1. The van der Waals surface area contributed by atoms with Crippen molar-refractivity contribution >= 4 is 18.3 Å². The van der Waals surface area contributed by atoms with Crippen LogP contribution >= 0.6 is 0 Å². The predicted octanol–water partition coefficient (Wildman–Crippen LogP) is 2.43. The smallest absolute Gasteiger partial charge is 0.134 e. The molecule has 17 heavy (non-hydrogen) atoms. The van der Waals surface area contributed by atoms with Crippen LogP contribution in [0.1, 0.15) is 20.8 Å². The van der Waals surface area contributed by atoms with E-state index in [4.69, 9.17) is 10.2 Å². The lowest BCUT2D eigenvalue weighted by molar-refractivity contribution is 0.232. The van der Waals surface area contributed by atoms with Crippen LogP contribution in [0, 0.1) is 5.41 Å². The molecule has 94 valence electrons. The van der Waals surface area contributed by atoms with E-state index in [1.807, 2.05) is 32.1 Å². The van der Waals surface area contributed by atoms with Crippen molar-refractivity contribution in [1.29, 1.82) is 5.41 Å². The van der Waals surface area contributed by atoms with Crippen LogP contribution in [-0.2, 0) is 4.84 Å². The van der Waals surface area contributed by atoms with Crippen molar-refractivity contribution in [1.82, 2.24) is 4.90 Å². The first-order valence-corrected chi connectivity index (χ1v) is 5.26. The molecule has 0 amide bonds. The number of aliphatic imine (C=N–C) groups is 1. The summed E-state index contributed by atoms with van der Waals surface area (Å²) in [6.07, 6.45) is 6.24. The van der Waals surface area contributed by atoms with Crippen LogP contribution in [0.15, 0.2) is 33.8 Å². The van der Waals surface area contributed by atoms with Crippen LogP contribution in [0.2, 0.25) is 0 Å². The van der Waals surface area contributed by atoms with Crippen LogP contribution in [0.25, 0.3) is 0 Å². The lowest BCUT2D eigenvalue weighted by atomic mass is 10.2. The first kappa shape index (κ1) is 15.1. The minimum Gasteiger partial charge on any atom is -0.383 e. The quantitative estimate of drug-likeness (QED) is 0.333. The molecule has 0 rings (SSSR count). The van der Waals surface area contributed by atoms with Crippen molar-refractivity contribution in [3.05, 3.63) is 23.6 Å². The van der Waals surface area contributed by atoms with Gasteiger partial charge >= 0.3 is 0 Å². The summed E-state index contributed by atoms with van der Waals surface area (Å²) in [5.74, 6) is 0.621. The summed E-state index contributed by atoms with van der Waals surface area (Å²) in [5.41, 5.74) is 1.62. The van der Waals surface area contributed by atoms with Crippen molar-refractivity contribution in [2.75, 3.05) is 14.1 Å². The van der Waals surface area contributed by atoms with E-state index in [-0.39, 0.29) is 0 Å². The average molecular weight is 236 g/mol. The second kappa shape index (κ2) is 8.27. The highest BCUT2D eigenvalue weighted by molar-refractivity contribution is 6.10. The fourth-order valence-electron chi connectivity index (χ4n) is 1.13. The van der Waals surface area contributed by atoms with Gasteiger partial charge in [-0.3, -0.25) is 5.41 Å². The highest BCUT2D eigenvalue weighted by atomic mass is 16.6. The molecule has 0 aromatic rings. The molecule has 0 atom stereocenters. The Balaban J connectivity index is 5.00. The van der Waals surface area contributed by atoms with Gasteiger partial charge < -0.3 is 9.74 Å². The molecule has 0 aromatic carbocycles. The number of nitrogens with zero attached hydrogens (tertiary/aromatic N) is 3. The average Bonchev–Trinajstić information content (AvgIpc) is 2.24. The molecule has 5 nitrogen and oxygen atoms in total. The highest BCUT2D eigenvalue weighted by Crippen LogP contribution is 2.05. The maximum atomic E-state index is 7.04. The van der Waals surface area contributed by atoms with Crippen LogP contribution in [0.5, 0.6) is 0 Å². The van der Waals surface area contributed by atoms with E-state index in [1.165, 1.54) is 0 Å². The van der Waals surface area contributed by atoms with Gasteiger partial charge in [0.1, 0.15) is 12.1 Å². The molecule has 0 bridgehead atoms. The Labute approximate surface area is 103 Å². The van der Waals surface area contributed by atoms with Gasteiger partial charge in [0.05, 0.1) is 5.71 Å². The van der Waals surface area contributed by atoms with E-state index in [2.05, 4.69) is 10.1 Å². The summed E-state index contributed by atoms with van der Waals surface area (Å²) >= 11 is 0. The molecule has 0 aliphatic rings. The lowest BCUT2D eigenvalue weighted by Gasteiger charge is -2.08. The molecule has 0 spiro atoms. The number of nitrogens with one attached hydrogen (secondary N) is 1. The number of hydrogen-bond acceptors (Lipinski definition) is 4. The molecular weight excluding hydrogens is 216 g/mol. The van der Waals surface area contributed by atoms with Crippen molar-refractivity contribution in [2.45, 2.75) is 20.8 Å². The maximum Gasteiger partial charge on any atom is 0.134 e. The predicted molar refractivity (Wildman–Crippen MR) is 72.7 cm³/mol. The van der Waals surface area contributed by atoms with E-state index in [9.17, 15) is 0 Å². The summed E-state index contributed by atoms with van der Waals surface area (Å²) in [6, 6.07) is 0. The fourth-order valence-corrected chi connectivity index (χ4v) is 1.13. The Bertz CT molecular complexity index is 365. The van der Waals surface area contributed by atoms with Crippen molar-refractivity contribution in [2.24, 2.45) is 10.1 Å². The molecule has 1 N–H and O–H groups in total. The molecule has 0 aromatic heterocycles. The molecular formula is C12H20N4O. The Kier molecular flexibility index (Phi) is 7.34. The van der Waals surface area contributed by atoms with Crippen LogP contribution in [0.3, 0.4) is 0 Å². The van der Waals surface area contributed by atoms with Gasteiger partial charge in [0.2, 0.25) is 0 Å². The minimum atomic E-state index is 0.621. The van der Waals surface area contributed by atoms with E-state index < -0.39 is 0 Å². The summed E-state index contributed by atoms with van der Waals surface area (Å²) in [5, 5.41) is 10.7. The molecule has 0 unspecified atom stereocenters. The second-order valence-corrected chi connectivity index (χ2v) is 3.63. The van der Waals surface area contributed by atoms with Crippen LogP contribution < -0.4 is 0 Å². The molecule has 0 aliphatic carbocycles. The molecule has 0 fully saturated rings. The Morgan fingerprint density at radius 2 is 1.94 bits per heavy atom. The number of rotatable bonds is 6. The molecule has 0 saturated heterocycles. The van der Waals surface area contributed by atoms with Gasteiger partial charge in [0.15, 0.2) is 0 Å². The van der Waals surface area contributed by atoms with Gasteiger partial charge in [-0.05, 0) is 26.3 Å². The normalized spacial score (nSPS) is 14.1. The third-order valence-electron chi connectivity index (χ3n) is 1.70. The SMILES string of the molecule is C/C=N/O/C(C)=C/C(=NC=N)/C(C)=C/N(C)C. The lowest BCUT2D eigenvalue weighted by Crippen LogP contribution is -2.07. The van der Waals surface area contributed by atoms with Gasteiger partial charge in [0, 0.05) is 32.6 Å². The molecule has 0 saturated carbocycles. The Morgan fingerprint density at radius 3 is 2.41 bits per heavy atom. The first-order chi connectivity index (χ1) is 8.01. The van der Waals surface area contributed by atoms with Crippen molar-refractivity contribution < 1.29 is 4.84 Å². The van der Waals surface area contributed by atoms with Gasteiger partial charge in [-0.2, -0.15) is 0 Å².